The molecule has 19 heavy (non-hydrogen) atoms. The molecule has 0 saturated carbocycles. The van der Waals surface area contributed by atoms with E-state index in [1.54, 1.807) is 20.3 Å². The van der Waals surface area contributed by atoms with Crippen LogP contribution in [0, 0.1) is 0 Å². The number of piperazine rings is 1. The van der Waals surface area contributed by atoms with Gasteiger partial charge in [0.05, 0.1) is 6.04 Å². The molecule has 0 spiro atoms. The van der Waals surface area contributed by atoms with Crippen LogP contribution in [0.15, 0.2) is 12.4 Å². The molecule has 1 atom stereocenters. The fraction of sp³-hybridized carbons (Fsp3) is 0.700. The predicted octanol–water partition coefficient (Wildman–Crippen LogP) is -0.405. The number of aryl methyl sites for hydroxylation is 1. The lowest BCUT2D eigenvalue weighted by atomic mass is 10.2. The van der Waals surface area contributed by atoms with Gasteiger partial charge < -0.3 is 9.88 Å². The first-order chi connectivity index (χ1) is 8.44. The third-order valence-electron chi connectivity index (χ3n) is 3.11. The average Bonchev–Trinajstić information content (AvgIpc) is 2.75. The van der Waals surface area contributed by atoms with Crippen molar-refractivity contribution in [2.24, 2.45) is 7.05 Å². The van der Waals surface area contributed by atoms with E-state index in [4.69, 9.17) is 0 Å². The van der Waals surface area contributed by atoms with Crippen LogP contribution in [0.4, 0.5) is 0 Å². The van der Waals surface area contributed by atoms with Crippen LogP contribution in [0.1, 0.15) is 11.9 Å². The lowest BCUT2D eigenvalue weighted by Crippen LogP contribution is -2.52. The van der Waals surface area contributed by atoms with Gasteiger partial charge in [0.1, 0.15) is 5.82 Å². The van der Waals surface area contributed by atoms with E-state index in [9.17, 15) is 8.42 Å². The number of nitrogens with zero attached hydrogens (tertiary/aromatic N) is 4. The van der Waals surface area contributed by atoms with Crippen LogP contribution in [-0.4, -0.2) is 60.3 Å². The van der Waals surface area contributed by atoms with Gasteiger partial charge >= 0.3 is 0 Å². The number of aromatic nitrogens is 2. The third-order valence-corrected chi connectivity index (χ3v) is 5.06. The minimum atomic E-state index is -3.42. The lowest BCUT2D eigenvalue weighted by molar-refractivity contribution is 0.245. The van der Waals surface area contributed by atoms with E-state index in [1.165, 1.54) is 8.61 Å². The Hall–Kier alpha value is -0.670. The van der Waals surface area contributed by atoms with Gasteiger partial charge in [-0.2, -0.15) is 17.0 Å². The molecule has 1 N–H and O–H groups in total. The number of hydrogen-bond acceptors (Lipinski definition) is 4. The Kier molecular flexibility index (Phi) is 5.34. The Labute approximate surface area is 120 Å². The summed E-state index contributed by atoms with van der Waals surface area (Å²) in [6.07, 6.45) is 3.51. The van der Waals surface area contributed by atoms with E-state index in [1.807, 2.05) is 17.8 Å². The van der Waals surface area contributed by atoms with Crippen molar-refractivity contribution >= 4 is 22.6 Å². The number of nitrogens with one attached hydrogen (secondary N) is 1. The molecule has 1 aromatic rings. The molecule has 110 valence electrons. The molecule has 0 aromatic carbocycles. The second-order valence-electron chi connectivity index (χ2n) is 4.52. The molecule has 9 heteroatoms. The van der Waals surface area contributed by atoms with E-state index < -0.39 is 10.2 Å². The zero-order valence-electron chi connectivity index (χ0n) is 11.3. The van der Waals surface area contributed by atoms with Crippen LogP contribution < -0.4 is 5.32 Å². The summed E-state index contributed by atoms with van der Waals surface area (Å²) in [7, 11) is 1.55. The van der Waals surface area contributed by atoms with Gasteiger partial charge in [-0.05, 0) is 0 Å². The Morgan fingerprint density at radius 3 is 2.68 bits per heavy atom. The lowest BCUT2D eigenvalue weighted by Gasteiger charge is -2.36. The molecule has 2 heterocycles. The predicted molar refractivity (Wildman–Crippen MR) is 75.4 cm³/mol. The highest BCUT2D eigenvalue weighted by Crippen LogP contribution is 2.24. The van der Waals surface area contributed by atoms with Crippen molar-refractivity contribution in [1.82, 2.24) is 23.5 Å². The highest BCUT2D eigenvalue weighted by atomic mass is 35.5. The average molecular weight is 310 g/mol. The molecule has 1 fully saturated rings. The molecule has 7 nitrogen and oxygen atoms in total. The van der Waals surface area contributed by atoms with Crippen molar-refractivity contribution in [3.63, 3.8) is 0 Å². The van der Waals surface area contributed by atoms with Crippen molar-refractivity contribution in [2.45, 2.75) is 6.04 Å². The molecule has 1 unspecified atom stereocenters. The quantitative estimate of drug-likeness (QED) is 0.824. The third kappa shape index (κ3) is 3.09. The second-order valence-corrected chi connectivity index (χ2v) is 6.61. The van der Waals surface area contributed by atoms with Crippen molar-refractivity contribution in [2.75, 3.05) is 33.7 Å². The maximum Gasteiger partial charge on any atom is 0.282 e. The van der Waals surface area contributed by atoms with Gasteiger partial charge in [0, 0.05) is 53.2 Å². The van der Waals surface area contributed by atoms with Crippen molar-refractivity contribution in [3.8, 4) is 0 Å². The van der Waals surface area contributed by atoms with Crippen LogP contribution >= 0.6 is 12.4 Å². The minimum absolute atomic E-state index is 0. The van der Waals surface area contributed by atoms with Crippen molar-refractivity contribution < 1.29 is 8.42 Å². The van der Waals surface area contributed by atoms with E-state index in [0.717, 1.165) is 5.82 Å². The Morgan fingerprint density at radius 2 is 2.16 bits per heavy atom. The van der Waals surface area contributed by atoms with E-state index >= 15 is 0 Å². The van der Waals surface area contributed by atoms with Gasteiger partial charge in [0.15, 0.2) is 0 Å². The summed E-state index contributed by atoms with van der Waals surface area (Å²) in [6.45, 7) is 1.70. The molecule has 0 bridgehead atoms. The monoisotopic (exact) mass is 309 g/mol. The number of hydrogen-bond donors (Lipinski definition) is 1. The second kappa shape index (κ2) is 6.19. The minimum Gasteiger partial charge on any atom is -0.337 e. The summed E-state index contributed by atoms with van der Waals surface area (Å²) in [4.78, 5) is 4.26. The summed E-state index contributed by atoms with van der Waals surface area (Å²) in [5.74, 6) is 0.757. The molecule has 0 radical (unpaired) electrons. The highest BCUT2D eigenvalue weighted by Gasteiger charge is 2.36. The van der Waals surface area contributed by atoms with Gasteiger partial charge in [0.25, 0.3) is 10.2 Å². The summed E-state index contributed by atoms with van der Waals surface area (Å²) in [5, 5.41) is 3.21. The summed E-state index contributed by atoms with van der Waals surface area (Å²) < 4.78 is 29.2. The highest BCUT2D eigenvalue weighted by molar-refractivity contribution is 7.86. The topological polar surface area (TPSA) is 70.5 Å². The Bertz CT molecular complexity index is 516. The zero-order valence-corrected chi connectivity index (χ0v) is 12.9. The van der Waals surface area contributed by atoms with Crippen LogP contribution in [0.5, 0.6) is 0 Å². The standard InChI is InChI=1S/C10H19N5O2S.ClH/c1-13(2)18(16,17)15-7-4-11-8-9(15)10-12-5-6-14(10)3;/h5-6,9,11H,4,7-8H2,1-3H3;1H. The fourth-order valence-electron chi connectivity index (χ4n) is 2.09. The van der Waals surface area contributed by atoms with E-state index in [2.05, 4.69) is 10.3 Å². The molecule has 1 aromatic heterocycles. The summed E-state index contributed by atoms with van der Waals surface area (Å²) >= 11 is 0. The first kappa shape index (κ1) is 16.4. The molecular formula is C10H20ClN5O2S. The molecule has 1 aliphatic rings. The number of halogens is 1. The van der Waals surface area contributed by atoms with Gasteiger partial charge in [-0.3, -0.25) is 0 Å². The van der Waals surface area contributed by atoms with Gasteiger partial charge in [0.2, 0.25) is 0 Å². The summed E-state index contributed by atoms with van der Waals surface area (Å²) in [5.41, 5.74) is 0. The maximum absolute atomic E-state index is 12.3. The Balaban J connectivity index is 0.00000180. The Morgan fingerprint density at radius 1 is 1.47 bits per heavy atom. The van der Waals surface area contributed by atoms with Gasteiger partial charge in [-0.1, -0.05) is 0 Å². The molecule has 0 aliphatic carbocycles. The van der Waals surface area contributed by atoms with Crippen LogP contribution in [0.25, 0.3) is 0 Å². The largest absolute Gasteiger partial charge is 0.337 e. The molecule has 1 aliphatic heterocycles. The fourth-order valence-corrected chi connectivity index (χ4v) is 3.32. The van der Waals surface area contributed by atoms with Crippen molar-refractivity contribution in [1.29, 1.82) is 0 Å². The number of rotatable bonds is 3. The SMILES string of the molecule is CN(C)S(=O)(=O)N1CCNCC1c1nccn1C.Cl. The normalized spacial score (nSPS) is 21.4. The first-order valence-electron chi connectivity index (χ1n) is 5.82. The molecule has 1 saturated heterocycles. The smallest absolute Gasteiger partial charge is 0.282 e. The molecular weight excluding hydrogens is 290 g/mol. The van der Waals surface area contributed by atoms with E-state index in [0.29, 0.717) is 19.6 Å². The van der Waals surface area contributed by atoms with Crippen molar-refractivity contribution in [3.05, 3.63) is 18.2 Å². The maximum atomic E-state index is 12.3. The number of imidazole rings is 1. The van der Waals surface area contributed by atoms with Crippen LogP contribution in [-0.2, 0) is 17.3 Å². The molecule has 2 rings (SSSR count). The first-order valence-corrected chi connectivity index (χ1v) is 7.21. The van der Waals surface area contributed by atoms with Gasteiger partial charge in [-0.25, -0.2) is 4.98 Å². The van der Waals surface area contributed by atoms with Crippen LogP contribution in [0.3, 0.4) is 0 Å². The van der Waals surface area contributed by atoms with Gasteiger partial charge in [-0.15, -0.1) is 12.4 Å². The van der Waals surface area contributed by atoms with E-state index in [-0.39, 0.29) is 18.4 Å². The zero-order chi connectivity index (χ0) is 13.3. The molecule has 0 amide bonds. The van der Waals surface area contributed by atoms with Crippen LogP contribution in [0.2, 0.25) is 0 Å². The summed E-state index contributed by atoms with van der Waals surface area (Å²) in [6, 6.07) is -0.258.